The minimum Gasteiger partial charge on any atom is -0.384 e. The van der Waals surface area contributed by atoms with Crippen LogP contribution < -0.4 is 0 Å². The summed E-state index contributed by atoms with van der Waals surface area (Å²) < 4.78 is 20.9. The lowest BCUT2D eigenvalue weighted by Gasteiger charge is -2.39. The highest BCUT2D eigenvalue weighted by Gasteiger charge is 2.42. The largest absolute Gasteiger partial charge is 0.384 e. The standard InChI is InChI=1S/C26H29Cl2FN4O3.C4H8O/c1-5-25(35,16-32(2)3)19-10-17(15-34)24(22(29)11-19)26(36,18-6-8-20(27)9-7-18)33(4)14-23-30-12-21(28)13-31-23;1-2-4-5-3-1/h6-13,15,35-36H,5,14,16H2,1-4H3;1-4H2. The number of aldehydes is 1. The molecule has 0 bridgehead atoms. The summed E-state index contributed by atoms with van der Waals surface area (Å²) in [6, 6.07) is 8.83. The first-order chi connectivity index (χ1) is 19.4. The van der Waals surface area contributed by atoms with Gasteiger partial charge in [-0.15, -0.1) is 0 Å². The van der Waals surface area contributed by atoms with Crippen LogP contribution in [0.15, 0.2) is 48.8 Å². The van der Waals surface area contributed by atoms with Crippen LogP contribution in [0.3, 0.4) is 0 Å². The average Bonchev–Trinajstić information content (AvgIpc) is 3.54. The van der Waals surface area contributed by atoms with Gasteiger partial charge in [0, 0.05) is 53.9 Å². The van der Waals surface area contributed by atoms with E-state index in [-0.39, 0.29) is 41.8 Å². The van der Waals surface area contributed by atoms with Crippen molar-refractivity contribution in [2.75, 3.05) is 40.9 Å². The van der Waals surface area contributed by atoms with Crippen molar-refractivity contribution in [2.24, 2.45) is 0 Å². The fourth-order valence-corrected chi connectivity index (χ4v) is 5.01. The van der Waals surface area contributed by atoms with Gasteiger partial charge in [0.1, 0.15) is 17.2 Å². The number of nitrogens with zero attached hydrogens (tertiary/aromatic N) is 4. The van der Waals surface area contributed by atoms with Crippen LogP contribution in [-0.2, 0) is 22.6 Å². The predicted octanol–water partition coefficient (Wildman–Crippen LogP) is 5.02. The number of carbonyl (C=O) groups is 1. The maximum atomic E-state index is 16.0. The van der Waals surface area contributed by atoms with Gasteiger partial charge in [0.25, 0.3) is 0 Å². The monoisotopic (exact) mass is 606 g/mol. The molecule has 1 fully saturated rings. The number of aliphatic hydroxyl groups is 2. The number of halogens is 3. The van der Waals surface area contributed by atoms with Crippen molar-refractivity contribution in [3.63, 3.8) is 0 Å². The molecule has 2 heterocycles. The molecule has 2 N–H and O–H groups in total. The lowest BCUT2D eigenvalue weighted by atomic mass is 9.83. The molecule has 41 heavy (non-hydrogen) atoms. The SMILES string of the molecule is C1CCOC1.CCC(O)(CN(C)C)c1cc(F)c(C(O)(c2ccc(Cl)cc2)N(C)Cc2ncc(Cl)cn2)c(C=O)c1. The van der Waals surface area contributed by atoms with E-state index in [0.29, 0.717) is 22.2 Å². The van der Waals surface area contributed by atoms with Crippen LogP contribution in [0.5, 0.6) is 0 Å². The van der Waals surface area contributed by atoms with E-state index < -0.39 is 17.1 Å². The van der Waals surface area contributed by atoms with Gasteiger partial charge in [0.2, 0.25) is 0 Å². The normalized spacial score (nSPS) is 16.2. The first kappa shape index (κ1) is 33.0. The minimum atomic E-state index is -2.11. The van der Waals surface area contributed by atoms with Crippen molar-refractivity contribution in [1.82, 2.24) is 19.8 Å². The van der Waals surface area contributed by atoms with E-state index >= 15 is 4.39 Å². The first-order valence-corrected chi connectivity index (χ1v) is 14.1. The zero-order chi connectivity index (χ0) is 30.2. The van der Waals surface area contributed by atoms with Gasteiger partial charge in [-0.3, -0.25) is 9.69 Å². The maximum Gasteiger partial charge on any atom is 0.174 e. The molecule has 0 amide bonds. The number of carbonyl (C=O) groups excluding carboxylic acids is 1. The van der Waals surface area contributed by atoms with E-state index in [1.165, 1.54) is 42.3 Å². The van der Waals surface area contributed by atoms with Crippen molar-refractivity contribution in [3.05, 3.63) is 92.7 Å². The van der Waals surface area contributed by atoms with Crippen LogP contribution in [-0.4, -0.2) is 77.2 Å². The number of aromatic nitrogens is 2. The van der Waals surface area contributed by atoms with Crippen molar-refractivity contribution in [1.29, 1.82) is 0 Å². The van der Waals surface area contributed by atoms with Gasteiger partial charge in [-0.05, 0) is 70.2 Å². The minimum absolute atomic E-state index is 0.00465. The number of benzene rings is 2. The fourth-order valence-electron chi connectivity index (χ4n) is 4.78. The second kappa shape index (κ2) is 14.6. The third-order valence-electron chi connectivity index (χ3n) is 6.98. The maximum absolute atomic E-state index is 16.0. The van der Waals surface area contributed by atoms with Gasteiger partial charge in [-0.2, -0.15) is 0 Å². The molecule has 222 valence electrons. The summed E-state index contributed by atoms with van der Waals surface area (Å²) in [7, 11) is 5.14. The van der Waals surface area contributed by atoms with Gasteiger partial charge >= 0.3 is 0 Å². The Labute approximate surface area is 250 Å². The van der Waals surface area contributed by atoms with Crippen molar-refractivity contribution in [3.8, 4) is 0 Å². The number of hydrogen-bond acceptors (Lipinski definition) is 8. The van der Waals surface area contributed by atoms with Crippen LogP contribution in [0.4, 0.5) is 4.39 Å². The number of rotatable bonds is 10. The quantitative estimate of drug-likeness (QED) is 0.245. The molecule has 0 radical (unpaired) electrons. The van der Waals surface area contributed by atoms with Crippen molar-refractivity contribution >= 4 is 29.5 Å². The van der Waals surface area contributed by atoms with E-state index in [1.54, 1.807) is 57.2 Å². The smallest absolute Gasteiger partial charge is 0.174 e. The van der Waals surface area contributed by atoms with E-state index in [0.717, 1.165) is 13.2 Å². The molecule has 1 aromatic heterocycles. The number of hydrogen-bond donors (Lipinski definition) is 2. The molecule has 0 saturated carbocycles. The van der Waals surface area contributed by atoms with E-state index in [4.69, 9.17) is 27.9 Å². The molecule has 1 aliphatic heterocycles. The third-order valence-corrected chi connectivity index (χ3v) is 7.42. The number of likely N-dealkylation sites (N-methyl/N-ethyl adjacent to an activating group) is 1. The summed E-state index contributed by atoms with van der Waals surface area (Å²) in [4.78, 5) is 23.8. The summed E-state index contributed by atoms with van der Waals surface area (Å²) in [6.07, 6.45) is 6.15. The van der Waals surface area contributed by atoms with Crippen molar-refractivity contribution < 1.29 is 24.1 Å². The highest BCUT2D eigenvalue weighted by atomic mass is 35.5. The lowest BCUT2D eigenvalue weighted by Crippen LogP contribution is -2.46. The van der Waals surface area contributed by atoms with Crippen LogP contribution in [0.1, 0.15) is 59.1 Å². The molecule has 2 unspecified atom stereocenters. The third kappa shape index (κ3) is 8.08. The summed E-state index contributed by atoms with van der Waals surface area (Å²) in [5.41, 5.74) is -3.36. The van der Waals surface area contributed by atoms with Gasteiger partial charge in [-0.1, -0.05) is 42.3 Å². The van der Waals surface area contributed by atoms with Gasteiger partial charge in [0.15, 0.2) is 12.0 Å². The van der Waals surface area contributed by atoms with Gasteiger partial charge in [0.05, 0.1) is 11.6 Å². The Morgan fingerprint density at radius 3 is 2.10 bits per heavy atom. The molecule has 8 nitrogen and oxygen atoms in total. The predicted molar refractivity (Wildman–Crippen MR) is 158 cm³/mol. The summed E-state index contributed by atoms with van der Waals surface area (Å²) in [5, 5.41) is 24.2. The fraction of sp³-hybridized carbons (Fsp3) is 0.433. The Bertz CT molecular complexity index is 1290. The van der Waals surface area contributed by atoms with Crippen LogP contribution in [0.25, 0.3) is 0 Å². The Morgan fingerprint density at radius 2 is 1.61 bits per heavy atom. The Morgan fingerprint density at radius 1 is 1.00 bits per heavy atom. The molecule has 2 atom stereocenters. The summed E-state index contributed by atoms with van der Waals surface area (Å²) in [5.74, 6) is -0.521. The Kier molecular flexibility index (Phi) is 11.8. The molecule has 4 rings (SSSR count). The molecule has 2 aromatic carbocycles. The second-order valence-electron chi connectivity index (χ2n) is 10.3. The lowest BCUT2D eigenvalue weighted by molar-refractivity contribution is -0.0749. The average molecular weight is 608 g/mol. The highest BCUT2D eigenvalue weighted by Crippen LogP contribution is 2.39. The van der Waals surface area contributed by atoms with E-state index in [1.807, 2.05) is 0 Å². The van der Waals surface area contributed by atoms with E-state index in [2.05, 4.69) is 9.97 Å². The van der Waals surface area contributed by atoms with Crippen LogP contribution in [0, 0.1) is 5.82 Å². The zero-order valence-electron chi connectivity index (χ0n) is 23.8. The van der Waals surface area contributed by atoms with Crippen molar-refractivity contribution in [2.45, 2.75) is 44.1 Å². The topological polar surface area (TPSA) is 99.0 Å². The molecule has 11 heteroatoms. The molecular formula is C30H37Cl2FN4O4. The van der Waals surface area contributed by atoms with E-state index in [9.17, 15) is 15.0 Å². The Balaban J connectivity index is 0.000000832. The highest BCUT2D eigenvalue weighted by molar-refractivity contribution is 6.30. The molecular weight excluding hydrogens is 570 g/mol. The molecule has 0 aliphatic carbocycles. The number of ether oxygens (including phenoxy) is 1. The zero-order valence-corrected chi connectivity index (χ0v) is 25.3. The molecule has 1 saturated heterocycles. The molecule has 0 spiro atoms. The molecule has 1 aliphatic rings. The second-order valence-corrected chi connectivity index (χ2v) is 11.2. The summed E-state index contributed by atoms with van der Waals surface area (Å²) >= 11 is 11.9. The summed E-state index contributed by atoms with van der Waals surface area (Å²) in [6.45, 7) is 3.99. The molecule has 3 aromatic rings. The van der Waals surface area contributed by atoms with Crippen LogP contribution >= 0.6 is 23.2 Å². The van der Waals surface area contributed by atoms with Crippen LogP contribution in [0.2, 0.25) is 10.0 Å². The van der Waals surface area contributed by atoms with Gasteiger partial charge in [-0.25, -0.2) is 14.4 Å². The van der Waals surface area contributed by atoms with Gasteiger partial charge < -0.3 is 19.8 Å². The Hall–Kier alpha value is -2.50. The first-order valence-electron chi connectivity index (χ1n) is 13.3.